The van der Waals surface area contributed by atoms with Crippen molar-refractivity contribution in [1.29, 1.82) is 0 Å². The maximum atomic E-state index is 12.6. The van der Waals surface area contributed by atoms with E-state index in [0.717, 1.165) is 24.2 Å². The number of likely N-dealkylation sites (tertiary alicyclic amines) is 1. The Hall–Kier alpha value is -2.08. The van der Waals surface area contributed by atoms with Gasteiger partial charge in [-0.25, -0.2) is 0 Å². The lowest BCUT2D eigenvalue weighted by Gasteiger charge is -2.35. The molecule has 6 nitrogen and oxygen atoms in total. The zero-order valence-corrected chi connectivity index (χ0v) is 16.4. The second kappa shape index (κ2) is 9.22. The molecule has 148 valence electrons. The smallest absolute Gasteiger partial charge is 0.225 e. The Kier molecular flexibility index (Phi) is 6.72. The van der Waals surface area contributed by atoms with Crippen molar-refractivity contribution < 1.29 is 19.1 Å². The highest BCUT2D eigenvalue weighted by Gasteiger charge is 2.30. The van der Waals surface area contributed by atoms with Crippen LogP contribution in [-0.2, 0) is 14.3 Å². The van der Waals surface area contributed by atoms with Gasteiger partial charge in [-0.2, -0.15) is 0 Å². The summed E-state index contributed by atoms with van der Waals surface area (Å²) in [7, 11) is 0. The van der Waals surface area contributed by atoms with Crippen LogP contribution in [0.5, 0.6) is 5.75 Å². The van der Waals surface area contributed by atoms with Gasteiger partial charge in [0.05, 0.1) is 26.2 Å². The summed E-state index contributed by atoms with van der Waals surface area (Å²) in [5.41, 5.74) is 2.30. The average molecular weight is 374 g/mol. The van der Waals surface area contributed by atoms with Crippen LogP contribution < -0.4 is 4.74 Å². The van der Waals surface area contributed by atoms with Gasteiger partial charge in [-0.05, 0) is 43.9 Å². The summed E-state index contributed by atoms with van der Waals surface area (Å²) in [4.78, 5) is 28.8. The van der Waals surface area contributed by atoms with Gasteiger partial charge < -0.3 is 19.3 Å². The molecule has 27 heavy (non-hydrogen) atoms. The number of amides is 2. The van der Waals surface area contributed by atoms with Crippen LogP contribution >= 0.6 is 0 Å². The second-order valence-electron chi connectivity index (χ2n) is 7.39. The third-order valence-electron chi connectivity index (χ3n) is 5.65. The van der Waals surface area contributed by atoms with Crippen LogP contribution in [0.15, 0.2) is 18.2 Å². The first-order valence-corrected chi connectivity index (χ1v) is 9.89. The van der Waals surface area contributed by atoms with E-state index in [1.165, 1.54) is 5.56 Å². The minimum absolute atomic E-state index is 0.0401. The van der Waals surface area contributed by atoms with Crippen LogP contribution in [0, 0.1) is 19.8 Å². The van der Waals surface area contributed by atoms with Gasteiger partial charge >= 0.3 is 0 Å². The van der Waals surface area contributed by atoms with E-state index in [1.807, 2.05) is 28.9 Å². The van der Waals surface area contributed by atoms with Gasteiger partial charge in [0.25, 0.3) is 0 Å². The van der Waals surface area contributed by atoms with Gasteiger partial charge in [-0.1, -0.05) is 12.1 Å². The molecule has 6 heteroatoms. The first-order chi connectivity index (χ1) is 13.1. The van der Waals surface area contributed by atoms with Gasteiger partial charge in [0.15, 0.2) is 0 Å². The minimum Gasteiger partial charge on any atom is -0.493 e. The number of carbonyl (C=O) groups excluding carboxylic acids is 2. The van der Waals surface area contributed by atoms with E-state index >= 15 is 0 Å². The van der Waals surface area contributed by atoms with Crippen molar-refractivity contribution in [3.63, 3.8) is 0 Å². The standard InChI is InChI=1S/C21H30N2O4/c1-16-4-3-5-19(17(16)2)27-13-8-20(24)22-9-6-18(7-10-22)21(25)23-11-14-26-15-12-23/h3-5,18H,6-15H2,1-2H3. The lowest BCUT2D eigenvalue weighted by atomic mass is 9.95. The van der Waals surface area contributed by atoms with Crippen LogP contribution in [-0.4, -0.2) is 67.6 Å². The van der Waals surface area contributed by atoms with Crippen LogP contribution in [0.4, 0.5) is 0 Å². The molecule has 1 aromatic rings. The molecule has 2 heterocycles. The number of piperidine rings is 1. The normalized spacial score (nSPS) is 18.4. The molecule has 0 saturated carbocycles. The first-order valence-electron chi connectivity index (χ1n) is 9.89. The van der Waals surface area contributed by atoms with E-state index in [0.29, 0.717) is 52.4 Å². The molecular formula is C21H30N2O4. The highest BCUT2D eigenvalue weighted by atomic mass is 16.5. The number of hydrogen-bond acceptors (Lipinski definition) is 4. The zero-order valence-electron chi connectivity index (χ0n) is 16.4. The number of benzene rings is 1. The maximum Gasteiger partial charge on any atom is 0.225 e. The maximum absolute atomic E-state index is 12.6. The minimum atomic E-state index is 0.0401. The Morgan fingerprint density at radius 2 is 1.78 bits per heavy atom. The summed E-state index contributed by atoms with van der Waals surface area (Å²) in [5.74, 6) is 1.22. The monoisotopic (exact) mass is 374 g/mol. The summed E-state index contributed by atoms with van der Waals surface area (Å²) in [6, 6.07) is 5.96. The van der Waals surface area contributed by atoms with Crippen LogP contribution in [0.1, 0.15) is 30.4 Å². The summed E-state index contributed by atoms with van der Waals surface area (Å²) in [6.07, 6.45) is 1.87. The summed E-state index contributed by atoms with van der Waals surface area (Å²) in [6.45, 7) is 8.41. The molecule has 0 unspecified atom stereocenters. The van der Waals surface area contributed by atoms with E-state index in [4.69, 9.17) is 9.47 Å². The number of hydrogen-bond donors (Lipinski definition) is 0. The number of ether oxygens (including phenoxy) is 2. The highest BCUT2D eigenvalue weighted by Crippen LogP contribution is 2.22. The van der Waals surface area contributed by atoms with Crippen molar-refractivity contribution >= 4 is 11.8 Å². The number of aryl methyl sites for hydroxylation is 1. The molecule has 0 aromatic heterocycles. The highest BCUT2D eigenvalue weighted by molar-refractivity contribution is 5.80. The van der Waals surface area contributed by atoms with Gasteiger partial charge in [-0.15, -0.1) is 0 Å². The van der Waals surface area contributed by atoms with E-state index in [2.05, 4.69) is 13.0 Å². The average Bonchev–Trinajstić information content (AvgIpc) is 2.71. The molecule has 0 radical (unpaired) electrons. The van der Waals surface area contributed by atoms with Gasteiger partial charge in [-0.3, -0.25) is 9.59 Å². The lowest BCUT2D eigenvalue weighted by Crippen LogP contribution is -2.47. The fourth-order valence-corrected chi connectivity index (χ4v) is 3.70. The quantitative estimate of drug-likeness (QED) is 0.793. The molecule has 0 bridgehead atoms. The summed E-state index contributed by atoms with van der Waals surface area (Å²) < 4.78 is 11.1. The van der Waals surface area contributed by atoms with Crippen LogP contribution in [0.3, 0.4) is 0 Å². The molecule has 2 fully saturated rings. The van der Waals surface area contributed by atoms with Gasteiger partial charge in [0.1, 0.15) is 5.75 Å². The van der Waals surface area contributed by atoms with E-state index < -0.39 is 0 Å². The predicted molar refractivity (Wildman–Crippen MR) is 103 cm³/mol. The molecule has 0 spiro atoms. The summed E-state index contributed by atoms with van der Waals surface area (Å²) >= 11 is 0. The predicted octanol–water partition coefficient (Wildman–Crippen LogP) is 2.17. The molecule has 2 aliphatic heterocycles. The molecule has 0 aliphatic carbocycles. The largest absolute Gasteiger partial charge is 0.493 e. The Morgan fingerprint density at radius 3 is 2.48 bits per heavy atom. The molecule has 2 amide bonds. The topological polar surface area (TPSA) is 59.1 Å². The molecule has 2 aliphatic rings. The molecule has 1 aromatic carbocycles. The SMILES string of the molecule is Cc1cccc(OCCC(=O)N2CCC(C(=O)N3CCOCC3)CC2)c1C. The third kappa shape index (κ3) is 5.01. The Morgan fingerprint density at radius 1 is 1.07 bits per heavy atom. The fourth-order valence-electron chi connectivity index (χ4n) is 3.70. The van der Waals surface area contributed by atoms with E-state index in [-0.39, 0.29) is 17.7 Å². The molecule has 0 atom stereocenters. The Bertz CT molecular complexity index is 662. The number of carbonyl (C=O) groups is 2. The number of rotatable bonds is 5. The zero-order chi connectivity index (χ0) is 19.2. The van der Waals surface area contributed by atoms with E-state index in [1.54, 1.807) is 0 Å². The van der Waals surface area contributed by atoms with Crippen LogP contribution in [0.25, 0.3) is 0 Å². The summed E-state index contributed by atoms with van der Waals surface area (Å²) in [5, 5.41) is 0. The van der Waals surface area contributed by atoms with Gasteiger partial charge in [0, 0.05) is 32.1 Å². The fraction of sp³-hybridized carbons (Fsp3) is 0.619. The first kappa shape index (κ1) is 19.7. The van der Waals surface area contributed by atoms with Gasteiger partial charge in [0.2, 0.25) is 11.8 Å². The lowest BCUT2D eigenvalue weighted by molar-refractivity contribution is -0.143. The van der Waals surface area contributed by atoms with Crippen molar-refractivity contribution in [3.8, 4) is 5.75 Å². The number of morpholine rings is 1. The Labute approximate surface area is 161 Å². The van der Waals surface area contributed by atoms with Crippen molar-refractivity contribution in [2.45, 2.75) is 33.1 Å². The van der Waals surface area contributed by atoms with Crippen molar-refractivity contribution in [1.82, 2.24) is 9.80 Å². The Balaban J connectivity index is 1.40. The van der Waals surface area contributed by atoms with Crippen LogP contribution in [0.2, 0.25) is 0 Å². The molecular weight excluding hydrogens is 344 g/mol. The van der Waals surface area contributed by atoms with Crippen molar-refractivity contribution in [3.05, 3.63) is 29.3 Å². The molecule has 0 N–H and O–H groups in total. The third-order valence-corrected chi connectivity index (χ3v) is 5.65. The van der Waals surface area contributed by atoms with Crippen molar-refractivity contribution in [2.24, 2.45) is 5.92 Å². The second-order valence-corrected chi connectivity index (χ2v) is 7.39. The van der Waals surface area contributed by atoms with E-state index in [9.17, 15) is 9.59 Å². The van der Waals surface area contributed by atoms with Crippen molar-refractivity contribution in [2.75, 3.05) is 46.0 Å². The molecule has 3 rings (SSSR count). The molecule has 2 saturated heterocycles. The number of nitrogens with zero attached hydrogens (tertiary/aromatic N) is 2.